The standard InChI is InChI=1S/C18H28O3Si/c1-22(2,3)21-18(20-17-12-8-5-9-13-17)15-19-14-16-10-6-4-7-11-16/h4,6-7,10-11,15,17H,5,8-9,12-14H2,1-3H3/b18-15-. The van der Waals surface area contributed by atoms with Crippen LogP contribution in [0.1, 0.15) is 37.7 Å². The maximum Gasteiger partial charge on any atom is 0.302 e. The van der Waals surface area contributed by atoms with Crippen molar-refractivity contribution in [1.29, 1.82) is 0 Å². The molecule has 0 unspecified atom stereocenters. The molecule has 2 rings (SSSR count). The van der Waals surface area contributed by atoms with Crippen molar-refractivity contribution in [3.8, 4) is 0 Å². The first-order valence-corrected chi connectivity index (χ1v) is 11.7. The van der Waals surface area contributed by atoms with Gasteiger partial charge in [-0.1, -0.05) is 36.8 Å². The monoisotopic (exact) mass is 320 g/mol. The predicted octanol–water partition coefficient (Wildman–Crippen LogP) is 5.20. The van der Waals surface area contributed by atoms with Crippen LogP contribution in [-0.2, 0) is 20.5 Å². The van der Waals surface area contributed by atoms with E-state index in [1.54, 1.807) is 6.26 Å². The zero-order chi connectivity index (χ0) is 15.8. The lowest BCUT2D eigenvalue weighted by Gasteiger charge is -2.27. The molecule has 0 aliphatic heterocycles. The highest BCUT2D eigenvalue weighted by atomic mass is 28.4. The molecular formula is C18H28O3Si. The largest absolute Gasteiger partial charge is 0.518 e. The second-order valence-electron chi connectivity index (χ2n) is 6.83. The molecule has 1 saturated carbocycles. The fraction of sp³-hybridized carbons (Fsp3) is 0.556. The molecule has 122 valence electrons. The molecule has 1 fully saturated rings. The Bertz CT molecular complexity index is 459. The van der Waals surface area contributed by atoms with Crippen LogP contribution in [0.4, 0.5) is 0 Å². The second-order valence-corrected chi connectivity index (χ2v) is 11.3. The summed E-state index contributed by atoms with van der Waals surface area (Å²) in [5.74, 6) is 0.557. The quantitative estimate of drug-likeness (QED) is 0.510. The molecule has 0 bridgehead atoms. The Labute approximate surface area is 135 Å². The molecule has 0 saturated heterocycles. The fourth-order valence-electron chi connectivity index (χ4n) is 2.51. The van der Waals surface area contributed by atoms with Crippen LogP contribution in [0.5, 0.6) is 0 Å². The average molecular weight is 321 g/mol. The molecule has 0 radical (unpaired) electrons. The van der Waals surface area contributed by atoms with Gasteiger partial charge in [0.15, 0.2) is 6.26 Å². The lowest BCUT2D eigenvalue weighted by molar-refractivity contribution is 0.00819. The van der Waals surface area contributed by atoms with E-state index in [1.165, 1.54) is 19.3 Å². The minimum Gasteiger partial charge on any atom is -0.518 e. The van der Waals surface area contributed by atoms with Crippen molar-refractivity contribution in [3.05, 3.63) is 48.1 Å². The molecule has 1 aliphatic rings. The van der Waals surface area contributed by atoms with Crippen LogP contribution in [0, 0.1) is 0 Å². The second kappa shape index (κ2) is 8.27. The molecule has 0 spiro atoms. The number of benzene rings is 1. The molecule has 1 aromatic rings. The first-order chi connectivity index (χ1) is 10.5. The molecule has 0 aromatic heterocycles. The maximum atomic E-state index is 6.05. The van der Waals surface area contributed by atoms with Crippen LogP contribution in [-0.4, -0.2) is 14.4 Å². The third kappa shape index (κ3) is 6.56. The SMILES string of the molecule is C[Si](C)(C)O/C(=C\OCc1ccccc1)OC1CCCCC1. The van der Waals surface area contributed by atoms with Gasteiger partial charge in [0.05, 0.1) is 0 Å². The van der Waals surface area contributed by atoms with Gasteiger partial charge in [0.2, 0.25) is 8.32 Å². The van der Waals surface area contributed by atoms with Crippen molar-refractivity contribution in [2.24, 2.45) is 0 Å². The minimum absolute atomic E-state index is 0.275. The molecule has 22 heavy (non-hydrogen) atoms. The number of hydrogen-bond acceptors (Lipinski definition) is 3. The van der Waals surface area contributed by atoms with E-state index in [9.17, 15) is 0 Å². The summed E-state index contributed by atoms with van der Waals surface area (Å²) in [4.78, 5) is 0. The third-order valence-electron chi connectivity index (χ3n) is 3.51. The Hall–Kier alpha value is -1.42. The summed E-state index contributed by atoms with van der Waals surface area (Å²) >= 11 is 0. The van der Waals surface area contributed by atoms with Gasteiger partial charge in [0.1, 0.15) is 12.7 Å². The zero-order valence-electron chi connectivity index (χ0n) is 14.0. The van der Waals surface area contributed by atoms with Gasteiger partial charge in [0, 0.05) is 0 Å². The van der Waals surface area contributed by atoms with Gasteiger partial charge in [-0.15, -0.1) is 0 Å². The molecule has 0 N–H and O–H groups in total. The van der Waals surface area contributed by atoms with Crippen LogP contribution in [0.25, 0.3) is 0 Å². The summed E-state index contributed by atoms with van der Waals surface area (Å²) in [6, 6.07) is 10.1. The van der Waals surface area contributed by atoms with Crippen molar-refractivity contribution >= 4 is 8.32 Å². The van der Waals surface area contributed by atoms with Gasteiger partial charge in [-0.3, -0.25) is 0 Å². The highest BCUT2D eigenvalue weighted by Crippen LogP contribution is 2.24. The van der Waals surface area contributed by atoms with E-state index >= 15 is 0 Å². The minimum atomic E-state index is -1.71. The first-order valence-electron chi connectivity index (χ1n) is 8.24. The fourth-order valence-corrected chi connectivity index (χ4v) is 3.20. The van der Waals surface area contributed by atoms with Crippen molar-refractivity contribution in [3.63, 3.8) is 0 Å². The van der Waals surface area contributed by atoms with Gasteiger partial charge in [-0.25, -0.2) is 0 Å². The van der Waals surface area contributed by atoms with E-state index in [1.807, 2.05) is 18.2 Å². The van der Waals surface area contributed by atoms with Gasteiger partial charge < -0.3 is 13.9 Å². The predicted molar refractivity (Wildman–Crippen MR) is 91.7 cm³/mol. The Morgan fingerprint density at radius 3 is 2.41 bits per heavy atom. The van der Waals surface area contributed by atoms with Crippen LogP contribution in [0.15, 0.2) is 42.5 Å². The first kappa shape index (κ1) is 16.9. The third-order valence-corrected chi connectivity index (χ3v) is 4.33. The van der Waals surface area contributed by atoms with Crippen molar-refractivity contribution < 1.29 is 13.9 Å². The Kier molecular flexibility index (Phi) is 6.37. The summed E-state index contributed by atoms with van der Waals surface area (Å²) in [7, 11) is -1.71. The van der Waals surface area contributed by atoms with Crippen LogP contribution in [0.3, 0.4) is 0 Å². The van der Waals surface area contributed by atoms with Crippen LogP contribution < -0.4 is 0 Å². The van der Waals surface area contributed by atoms with Crippen molar-refractivity contribution in [2.45, 2.75) is 64.5 Å². The summed E-state index contributed by atoms with van der Waals surface area (Å²) in [6.07, 6.45) is 7.97. The maximum absolute atomic E-state index is 6.05. The molecule has 4 heteroatoms. The molecule has 3 nitrogen and oxygen atoms in total. The molecule has 1 aliphatic carbocycles. The highest BCUT2D eigenvalue weighted by Gasteiger charge is 2.22. The highest BCUT2D eigenvalue weighted by molar-refractivity contribution is 6.69. The zero-order valence-corrected chi connectivity index (χ0v) is 15.0. The van der Waals surface area contributed by atoms with E-state index in [0.29, 0.717) is 12.6 Å². The molecule has 1 aromatic carbocycles. The van der Waals surface area contributed by atoms with Crippen LogP contribution in [0.2, 0.25) is 19.6 Å². The van der Waals surface area contributed by atoms with E-state index < -0.39 is 8.32 Å². The molecule has 0 heterocycles. The van der Waals surface area contributed by atoms with E-state index in [2.05, 4.69) is 31.8 Å². The molecule has 0 atom stereocenters. The summed E-state index contributed by atoms with van der Waals surface area (Å²) in [6.45, 7) is 7.00. The number of hydrogen-bond donors (Lipinski definition) is 0. The van der Waals surface area contributed by atoms with Crippen LogP contribution >= 0.6 is 0 Å². The van der Waals surface area contributed by atoms with E-state index in [4.69, 9.17) is 13.9 Å². The Morgan fingerprint density at radius 1 is 1.09 bits per heavy atom. The Morgan fingerprint density at radius 2 is 1.77 bits per heavy atom. The van der Waals surface area contributed by atoms with Gasteiger partial charge >= 0.3 is 5.95 Å². The average Bonchev–Trinajstić information content (AvgIpc) is 2.48. The van der Waals surface area contributed by atoms with Gasteiger partial charge in [-0.2, -0.15) is 0 Å². The van der Waals surface area contributed by atoms with Gasteiger partial charge in [0.25, 0.3) is 0 Å². The van der Waals surface area contributed by atoms with Gasteiger partial charge in [-0.05, 0) is 50.9 Å². The topological polar surface area (TPSA) is 27.7 Å². The summed E-state index contributed by atoms with van der Waals surface area (Å²) in [5, 5.41) is 0. The molecule has 0 amide bonds. The van der Waals surface area contributed by atoms with E-state index in [0.717, 1.165) is 18.4 Å². The number of ether oxygens (including phenoxy) is 2. The summed E-state index contributed by atoms with van der Waals surface area (Å²) < 4.78 is 17.8. The lowest BCUT2D eigenvalue weighted by Crippen LogP contribution is -2.28. The van der Waals surface area contributed by atoms with Crippen molar-refractivity contribution in [1.82, 2.24) is 0 Å². The summed E-state index contributed by atoms with van der Waals surface area (Å²) in [5.41, 5.74) is 1.14. The smallest absolute Gasteiger partial charge is 0.302 e. The number of rotatable bonds is 7. The lowest BCUT2D eigenvalue weighted by atomic mass is 9.98. The van der Waals surface area contributed by atoms with E-state index in [-0.39, 0.29) is 6.10 Å². The normalized spacial score (nSPS) is 17.1. The Balaban J connectivity index is 1.91. The van der Waals surface area contributed by atoms with Crippen molar-refractivity contribution in [2.75, 3.05) is 0 Å². The molecular weight excluding hydrogens is 292 g/mol.